The quantitative estimate of drug-likeness (QED) is 0.280. The molecule has 224 valence electrons. The van der Waals surface area contributed by atoms with E-state index >= 15 is 0 Å². The Kier molecular flexibility index (Phi) is 8.07. The molecular weight excluding hydrogens is 546 g/mol. The largest absolute Gasteiger partial charge is 0.493 e. The average Bonchev–Trinajstić information content (AvgIpc) is 3.56. The molecule has 1 amide bonds. The molecule has 8 heteroatoms. The monoisotopic (exact) mass is 589 g/mol. The molecule has 3 aliphatic rings. The van der Waals surface area contributed by atoms with Gasteiger partial charge in [0.2, 0.25) is 0 Å². The molecule has 0 bridgehead atoms. The van der Waals surface area contributed by atoms with Crippen LogP contribution in [0.25, 0.3) is 21.7 Å². The highest BCUT2D eigenvalue weighted by Crippen LogP contribution is 2.40. The molecule has 2 fully saturated rings. The summed E-state index contributed by atoms with van der Waals surface area (Å²) in [6.07, 6.45) is 2.78. The maximum Gasteiger partial charge on any atom is 0.410 e. The van der Waals surface area contributed by atoms with E-state index < -0.39 is 5.60 Å². The number of carbonyl (C=O) groups is 1. The van der Waals surface area contributed by atoms with Gasteiger partial charge in [0, 0.05) is 41.9 Å². The molecular formula is C34H43N3O4S. The highest BCUT2D eigenvalue weighted by atomic mass is 32.1. The van der Waals surface area contributed by atoms with Crippen LogP contribution in [-0.2, 0) is 22.4 Å². The zero-order chi connectivity index (χ0) is 29.5. The molecule has 4 heterocycles. The predicted octanol–water partition coefficient (Wildman–Crippen LogP) is 6.88. The van der Waals surface area contributed by atoms with E-state index in [1.165, 1.54) is 36.2 Å². The van der Waals surface area contributed by atoms with Crippen LogP contribution in [0.5, 0.6) is 5.75 Å². The van der Waals surface area contributed by atoms with Crippen LogP contribution in [0.15, 0.2) is 36.4 Å². The minimum Gasteiger partial charge on any atom is -0.493 e. The summed E-state index contributed by atoms with van der Waals surface area (Å²) in [5.74, 6) is 0.953. The van der Waals surface area contributed by atoms with Gasteiger partial charge in [-0.05, 0) is 82.3 Å². The van der Waals surface area contributed by atoms with Crippen molar-refractivity contribution < 1.29 is 19.0 Å². The summed E-state index contributed by atoms with van der Waals surface area (Å²) in [5.41, 5.74) is 6.93. The van der Waals surface area contributed by atoms with Gasteiger partial charge in [-0.15, -0.1) is 11.3 Å². The summed E-state index contributed by atoms with van der Waals surface area (Å²) in [6, 6.07) is 12.8. The number of likely N-dealkylation sites (tertiary alicyclic amines) is 1. The van der Waals surface area contributed by atoms with Crippen LogP contribution in [0.4, 0.5) is 4.79 Å². The van der Waals surface area contributed by atoms with Gasteiger partial charge in [-0.25, -0.2) is 9.78 Å². The second-order valence-corrected chi connectivity index (χ2v) is 14.3. The van der Waals surface area contributed by atoms with Crippen LogP contribution in [0.3, 0.4) is 0 Å². The molecule has 3 aliphatic heterocycles. The first-order valence-corrected chi connectivity index (χ1v) is 16.0. The number of carbonyl (C=O) groups excluding carboxylic acids is 1. The Labute approximate surface area is 253 Å². The molecule has 2 saturated heterocycles. The number of hydrogen-bond donors (Lipinski definition) is 0. The van der Waals surface area contributed by atoms with Crippen molar-refractivity contribution in [3.05, 3.63) is 58.1 Å². The summed E-state index contributed by atoms with van der Waals surface area (Å²) in [6.45, 7) is 17.2. The van der Waals surface area contributed by atoms with Gasteiger partial charge in [0.15, 0.2) is 0 Å². The van der Waals surface area contributed by atoms with Crippen molar-refractivity contribution in [2.75, 3.05) is 46.0 Å². The average molecular weight is 590 g/mol. The number of rotatable bonds is 7. The topological polar surface area (TPSA) is 64.1 Å². The van der Waals surface area contributed by atoms with Gasteiger partial charge in [0.25, 0.3) is 0 Å². The van der Waals surface area contributed by atoms with E-state index in [1.807, 2.05) is 20.8 Å². The van der Waals surface area contributed by atoms with Gasteiger partial charge in [-0.1, -0.05) is 30.3 Å². The van der Waals surface area contributed by atoms with E-state index in [0.29, 0.717) is 25.1 Å². The third-order valence-electron chi connectivity index (χ3n) is 8.73. The zero-order valence-electron chi connectivity index (χ0n) is 25.6. The van der Waals surface area contributed by atoms with Crippen molar-refractivity contribution in [2.24, 2.45) is 5.41 Å². The van der Waals surface area contributed by atoms with Crippen LogP contribution in [0, 0.1) is 19.3 Å². The number of thiazole rings is 1. The molecule has 3 aromatic rings. The Bertz CT molecular complexity index is 1460. The van der Waals surface area contributed by atoms with Crippen molar-refractivity contribution in [3.63, 3.8) is 0 Å². The Hall–Kier alpha value is -2.94. The van der Waals surface area contributed by atoms with Gasteiger partial charge < -0.3 is 24.0 Å². The maximum absolute atomic E-state index is 12.7. The first-order valence-electron chi connectivity index (χ1n) is 15.2. The van der Waals surface area contributed by atoms with Crippen LogP contribution >= 0.6 is 11.3 Å². The second kappa shape index (κ2) is 11.6. The molecule has 0 saturated carbocycles. The van der Waals surface area contributed by atoms with Crippen molar-refractivity contribution in [1.29, 1.82) is 0 Å². The third kappa shape index (κ3) is 6.08. The van der Waals surface area contributed by atoms with Crippen molar-refractivity contribution >= 4 is 17.4 Å². The lowest BCUT2D eigenvalue weighted by Crippen LogP contribution is -2.44. The minimum atomic E-state index is -0.503. The number of benzene rings is 2. The fraction of sp³-hybridized carbons (Fsp3) is 0.529. The molecule has 0 atom stereocenters. The number of amides is 1. The third-order valence-corrected chi connectivity index (χ3v) is 9.85. The highest BCUT2D eigenvalue weighted by molar-refractivity contribution is 7.15. The van der Waals surface area contributed by atoms with Crippen LogP contribution in [-0.4, -0.2) is 72.5 Å². The van der Waals surface area contributed by atoms with Crippen molar-refractivity contribution in [2.45, 2.75) is 66.0 Å². The van der Waals surface area contributed by atoms with E-state index in [9.17, 15) is 4.79 Å². The molecule has 6 rings (SSSR count). The second-order valence-electron chi connectivity index (χ2n) is 13.2. The molecule has 2 aromatic carbocycles. The lowest BCUT2D eigenvalue weighted by molar-refractivity contribution is -0.105. The summed E-state index contributed by atoms with van der Waals surface area (Å²) >= 11 is 1.69. The highest BCUT2D eigenvalue weighted by Gasteiger charge is 2.44. The molecule has 0 unspecified atom stereocenters. The van der Waals surface area contributed by atoms with E-state index in [1.54, 1.807) is 16.2 Å². The lowest BCUT2D eigenvalue weighted by Gasteiger charge is -2.37. The lowest BCUT2D eigenvalue weighted by atomic mass is 9.85. The van der Waals surface area contributed by atoms with Gasteiger partial charge in [0.1, 0.15) is 16.4 Å². The number of aromatic nitrogens is 1. The minimum absolute atomic E-state index is 0.257. The van der Waals surface area contributed by atoms with Gasteiger partial charge in [0.05, 0.1) is 32.1 Å². The van der Waals surface area contributed by atoms with E-state index in [0.717, 1.165) is 65.1 Å². The fourth-order valence-electron chi connectivity index (χ4n) is 6.33. The van der Waals surface area contributed by atoms with Gasteiger partial charge >= 0.3 is 6.09 Å². The molecule has 7 nitrogen and oxygen atoms in total. The van der Waals surface area contributed by atoms with Crippen LogP contribution in [0.2, 0.25) is 0 Å². The number of fused-ring (bicyclic) bond motifs is 1. The standard InChI is InChI=1S/C34H43N3O4S/c1-23-25(26-10-7-12-29(24(26)2)40-18-8-15-36-17-14-34(20-36)21-39-22-34)9-6-11-27(23)31-35-28-13-16-37(19-30(28)42-31)32(38)41-33(3,4)5/h6-7,9-12H,8,13-22H2,1-5H3. The van der Waals surface area contributed by atoms with Gasteiger partial charge in [-0.3, -0.25) is 0 Å². The Balaban J connectivity index is 1.13. The molecule has 42 heavy (non-hydrogen) atoms. The predicted molar refractivity (Wildman–Crippen MR) is 167 cm³/mol. The smallest absolute Gasteiger partial charge is 0.410 e. The molecule has 0 N–H and O–H groups in total. The van der Waals surface area contributed by atoms with Gasteiger partial charge in [-0.2, -0.15) is 0 Å². The molecule has 1 spiro atoms. The summed E-state index contributed by atoms with van der Waals surface area (Å²) in [4.78, 5) is 23.2. The molecule has 1 aromatic heterocycles. The summed E-state index contributed by atoms with van der Waals surface area (Å²) in [7, 11) is 0. The summed E-state index contributed by atoms with van der Waals surface area (Å²) in [5, 5.41) is 1.01. The zero-order valence-corrected chi connectivity index (χ0v) is 26.4. The first kappa shape index (κ1) is 29.1. The van der Waals surface area contributed by atoms with Crippen LogP contribution < -0.4 is 4.74 Å². The SMILES string of the molecule is Cc1c(OCCCN2CCC3(COC3)C2)cccc1-c1cccc(-c2nc3c(s2)CN(C(=O)OC(C)(C)C)CC3)c1C. The Morgan fingerprint density at radius 2 is 1.79 bits per heavy atom. The normalized spacial score (nSPS) is 18.2. The number of hydrogen-bond acceptors (Lipinski definition) is 7. The molecule has 0 aliphatic carbocycles. The van der Waals surface area contributed by atoms with E-state index in [-0.39, 0.29) is 6.09 Å². The Morgan fingerprint density at radius 1 is 1.05 bits per heavy atom. The number of nitrogens with zero attached hydrogens (tertiary/aromatic N) is 3. The fourth-order valence-corrected chi connectivity index (χ4v) is 7.54. The molecule has 0 radical (unpaired) electrons. The van der Waals surface area contributed by atoms with Crippen molar-refractivity contribution in [3.8, 4) is 27.4 Å². The van der Waals surface area contributed by atoms with Crippen molar-refractivity contribution in [1.82, 2.24) is 14.8 Å². The number of ether oxygens (including phenoxy) is 3. The van der Waals surface area contributed by atoms with E-state index in [4.69, 9.17) is 19.2 Å². The maximum atomic E-state index is 12.7. The summed E-state index contributed by atoms with van der Waals surface area (Å²) < 4.78 is 17.4. The first-order chi connectivity index (χ1) is 20.1. The Morgan fingerprint density at radius 3 is 2.50 bits per heavy atom. The van der Waals surface area contributed by atoms with E-state index in [2.05, 4.69) is 55.1 Å². The van der Waals surface area contributed by atoms with Crippen LogP contribution in [0.1, 0.15) is 55.3 Å².